The lowest BCUT2D eigenvalue weighted by molar-refractivity contribution is -0.141. The second-order valence-electron chi connectivity index (χ2n) is 3.87. The summed E-state index contributed by atoms with van der Waals surface area (Å²) in [5, 5.41) is 0.365. The molecule has 0 saturated carbocycles. The van der Waals surface area contributed by atoms with Crippen LogP contribution in [-0.4, -0.2) is 15.2 Å². The van der Waals surface area contributed by atoms with E-state index in [0.717, 1.165) is 31.5 Å². The van der Waals surface area contributed by atoms with E-state index in [2.05, 4.69) is 16.5 Å². The van der Waals surface area contributed by atoms with Crippen molar-refractivity contribution in [1.29, 1.82) is 0 Å². The number of rotatable bonds is 6. The molecular formula is C12H15F3N2S. The SMILES string of the molecule is C=CCCCC(C)Sc1nccc(C(F)(F)F)n1. The predicted molar refractivity (Wildman–Crippen MR) is 66.4 cm³/mol. The van der Waals surface area contributed by atoms with Crippen LogP contribution >= 0.6 is 11.8 Å². The molecule has 0 radical (unpaired) electrons. The Morgan fingerprint density at radius 3 is 2.83 bits per heavy atom. The van der Waals surface area contributed by atoms with Gasteiger partial charge in [0, 0.05) is 11.4 Å². The largest absolute Gasteiger partial charge is 0.433 e. The van der Waals surface area contributed by atoms with Crippen LogP contribution in [0.25, 0.3) is 0 Å². The lowest BCUT2D eigenvalue weighted by Gasteiger charge is -2.10. The summed E-state index contributed by atoms with van der Waals surface area (Å²) >= 11 is 1.27. The molecule has 0 aliphatic heterocycles. The van der Waals surface area contributed by atoms with E-state index in [-0.39, 0.29) is 10.4 Å². The third-order valence-electron chi connectivity index (χ3n) is 2.25. The lowest BCUT2D eigenvalue weighted by atomic mass is 10.2. The molecule has 0 aliphatic carbocycles. The maximum Gasteiger partial charge on any atom is 0.433 e. The minimum Gasteiger partial charge on any atom is -0.231 e. The van der Waals surface area contributed by atoms with Crippen LogP contribution in [0.5, 0.6) is 0 Å². The Balaban J connectivity index is 2.59. The number of thioether (sulfide) groups is 1. The fourth-order valence-electron chi connectivity index (χ4n) is 1.34. The highest BCUT2D eigenvalue weighted by molar-refractivity contribution is 7.99. The first-order chi connectivity index (χ1) is 8.43. The molecule has 1 aromatic heterocycles. The van der Waals surface area contributed by atoms with E-state index >= 15 is 0 Å². The maximum atomic E-state index is 12.4. The van der Waals surface area contributed by atoms with Gasteiger partial charge in [-0.2, -0.15) is 13.2 Å². The molecule has 0 amide bonds. The van der Waals surface area contributed by atoms with Crippen LogP contribution in [0.15, 0.2) is 30.1 Å². The zero-order chi connectivity index (χ0) is 13.6. The van der Waals surface area contributed by atoms with Crippen LogP contribution in [0.2, 0.25) is 0 Å². The Hall–Kier alpha value is -1.04. The van der Waals surface area contributed by atoms with Gasteiger partial charge in [0.05, 0.1) is 0 Å². The Morgan fingerprint density at radius 2 is 2.22 bits per heavy atom. The van der Waals surface area contributed by atoms with E-state index in [1.165, 1.54) is 11.8 Å². The number of nitrogens with zero attached hydrogens (tertiary/aromatic N) is 2. The number of allylic oxidation sites excluding steroid dienone is 1. The van der Waals surface area contributed by atoms with Crippen molar-refractivity contribution < 1.29 is 13.2 Å². The fourth-order valence-corrected chi connectivity index (χ4v) is 2.26. The fraction of sp³-hybridized carbons (Fsp3) is 0.500. The van der Waals surface area contributed by atoms with Gasteiger partial charge < -0.3 is 0 Å². The molecule has 1 rings (SSSR count). The standard InChI is InChI=1S/C12H15F3N2S/c1-3-4-5-6-9(2)18-11-16-8-7-10(17-11)12(13,14)15/h3,7-9H,1,4-6H2,2H3. The summed E-state index contributed by atoms with van der Waals surface area (Å²) in [5.41, 5.74) is -0.890. The van der Waals surface area contributed by atoms with E-state index in [1.54, 1.807) is 0 Å². The summed E-state index contributed by atoms with van der Waals surface area (Å²) in [6.45, 7) is 5.58. The van der Waals surface area contributed by atoms with Crippen LogP contribution in [0, 0.1) is 0 Å². The topological polar surface area (TPSA) is 25.8 Å². The predicted octanol–water partition coefficient (Wildman–Crippen LogP) is 4.33. The van der Waals surface area contributed by atoms with Gasteiger partial charge in [-0.1, -0.05) is 24.8 Å². The van der Waals surface area contributed by atoms with Gasteiger partial charge in [-0.05, 0) is 25.3 Å². The van der Waals surface area contributed by atoms with Crippen LogP contribution in [0.3, 0.4) is 0 Å². The van der Waals surface area contributed by atoms with Gasteiger partial charge in [-0.25, -0.2) is 9.97 Å². The van der Waals surface area contributed by atoms with Gasteiger partial charge in [0.15, 0.2) is 5.16 Å². The summed E-state index contributed by atoms with van der Waals surface area (Å²) in [5.74, 6) is 0. The lowest BCUT2D eigenvalue weighted by Crippen LogP contribution is -2.09. The van der Waals surface area contributed by atoms with Crippen molar-refractivity contribution in [3.8, 4) is 0 Å². The number of unbranched alkanes of at least 4 members (excludes halogenated alkanes) is 1. The van der Waals surface area contributed by atoms with Crippen molar-refractivity contribution in [3.63, 3.8) is 0 Å². The average Bonchev–Trinajstić information content (AvgIpc) is 2.28. The Kier molecular flexibility index (Phi) is 5.65. The summed E-state index contributed by atoms with van der Waals surface area (Å²) < 4.78 is 37.3. The van der Waals surface area contributed by atoms with Crippen molar-refractivity contribution in [3.05, 3.63) is 30.6 Å². The number of hydrogen-bond acceptors (Lipinski definition) is 3. The maximum absolute atomic E-state index is 12.4. The molecule has 1 aromatic rings. The second-order valence-corrected chi connectivity index (χ2v) is 5.28. The van der Waals surface area contributed by atoms with Crippen molar-refractivity contribution in [2.45, 2.75) is 42.8 Å². The third kappa shape index (κ3) is 5.08. The van der Waals surface area contributed by atoms with Crippen molar-refractivity contribution >= 4 is 11.8 Å². The smallest absolute Gasteiger partial charge is 0.231 e. The highest BCUT2D eigenvalue weighted by atomic mass is 32.2. The minimum absolute atomic E-state index is 0.177. The molecule has 2 nitrogen and oxygen atoms in total. The Bertz CT molecular complexity index is 393. The number of hydrogen-bond donors (Lipinski definition) is 0. The summed E-state index contributed by atoms with van der Waals surface area (Å²) in [7, 11) is 0. The molecule has 0 aromatic carbocycles. The van der Waals surface area contributed by atoms with Crippen LogP contribution in [-0.2, 0) is 6.18 Å². The minimum atomic E-state index is -4.41. The zero-order valence-corrected chi connectivity index (χ0v) is 10.9. The van der Waals surface area contributed by atoms with E-state index in [4.69, 9.17) is 0 Å². The van der Waals surface area contributed by atoms with Crippen molar-refractivity contribution in [2.24, 2.45) is 0 Å². The molecule has 6 heteroatoms. The molecule has 1 atom stereocenters. The van der Waals surface area contributed by atoms with Gasteiger partial charge >= 0.3 is 6.18 Å². The first kappa shape index (κ1) is 15.0. The van der Waals surface area contributed by atoms with Crippen molar-refractivity contribution in [2.75, 3.05) is 0 Å². The van der Waals surface area contributed by atoms with Crippen LogP contribution in [0.4, 0.5) is 13.2 Å². The Labute approximate surface area is 109 Å². The van der Waals surface area contributed by atoms with Crippen molar-refractivity contribution in [1.82, 2.24) is 9.97 Å². The first-order valence-corrected chi connectivity index (χ1v) is 6.49. The Morgan fingerprint density at radius 1 is 1.50 bits per heavy atom. The summed E-state index contributed by atoms with van der Waals surface area (Å²) in [6, 6.07) is 0.881. The summed E-state index contributed by atoms with van der Waals surface area (Å²) in [4.78, 5) is 7.37. The molecule has 0 aliphatic rings. The molecule has 0 N–H and O–H groups in total. The molecule has 1 unspecified atom stereocenters. The molecule has 1 heterocycles. The highest BCUT2D eigenvalue weighted by Gasteiger charge is 2.32. The molecule has 0 saturated heterocycles. The molecule has 0 fully saturated rings. The quantitative estimate of drug-likeness (QED) is 0.335. The monoisotopic (exact) mass is 276 g/mol. The highest BCUT2D eigenvalue weighted by Crippen LogP contribution is 2.29. The first-order valence-electron chi connectivity index (χ1n) is 5.61. The van der Waals surface area contributed by atoms with E-state index in [0.29, 0.717) is 0 Å². The average molecular weight is 276 g/mol. The van der Waals surface area contributed by atoms with Gasteiger partial charge in [0.1, 0.15) is 5.69 Å². The van der Waals surface area contributed by atoms with E-state index in [9.17, 15) is 13.2 Å². The van der Waals surface area contributed by atoms with Gasteiger partial charge in [-0.15, -0.1) is 6.58 Å². The summed E-state index contributed by atoms with van der Waals surface area (Å²) in [6.07, 6.45) is 1.35. The number of alkyl halides is 3. The number of halogens is 3. The normalized spacial score (nSPS) is 13.3. The van der Waals surface area contributed by atoms with Gasteiger partial charge in [0.2, 0.25) is 0 Å². The molecule has 0 bridgehead atoms. The van der Waals surface area contributed by atoms with Gasteiger partial charge in [-0.3, -0.25) is 0 Å². The van der Waals surface area contributed by atoms with Crippen LogP contribution in [0.1, 0.15) is 31.9 Å². The molecule has 0 spiro atoms. The molecule has 100 valence electrons. The second kappa shape index (κ2) is 6.78. The number of aromatic nitrogens is 2. The zero-order valence-electron chi connectivity index (χ0n) is 10.1. The molecule has 18 heavy (non-hydrogen) atoms. The van der Waals surface area contributed by atoms with E-state index in [1.807, 2.05) is 13.0 Å². The third-order valence-corrected chi connectivity index (χ3v) is 3.29. The van der Waals surface area contributed by atoms with E-state index < -0.39 is 11.9 Å². The van der Waals surface area contributed by atoms with Crippen LogP contribution < -0.4 is 0 Å². The molecular weight excluding hydrogens is 261 g/mol. The van der Waals surface area contributed by atoms with Gasteiger partial charge in [0.25, 0.3) is 0 Å².